The van der Waals surface area contributed by atoms with Gasteiger partial charge in [-0.25, -0.2) is 23.6 Å². The number of hydrogen-bond acceptors (Lipinski definition) is 8. The standard InChI is InChI=1S/C22H22F2N4O4S/c1-22(12-3-5-13(23)6-4-12)17(21(31)32-2)15(26-18(27-22)19-25-7-8-33-19)11-28-10-14(24)9-16(28)20(29)30/h3-8,14,16H,9-11H2,1-2H3,(H,26,27)(H,29,30)/t14-,16+,22+/m1/s1. The summed E-state index contributed by atoms with van der Waals surface area (Å²) in [7, 11) is 1.23. The lowest BCUT2D eigenvalue weighted by molar-refractivity contribution is -0.142. The van der Waals surface area contributed by atoms with Gasteiger partial charge in [-0.05, 0) is 24.6 Å². The summed E-state index contributed by atoms with van der Waals surface area (Å²) < 4.78 is 32.8. The van der Waals surface area contributed by atoms with Gasteiger partial charge in [-0.1, -0.05) is 12.1 Å². The van der Waals surface area contributed by atoms with Crippen LogP contribution in [0.2, 0.25) is 0 Å². The van der Waals surface area contributed by atoms with E-state index in [2.05, 4.69) is 10.3 Å². The van der Waals surface area contributed by atoms with E-state index in [-0.39, 0.29) is 25.1 Å². The first-order valence-corrected chi connectivity index (χ1v) is 11.1. The van der Waals surface area contributed by atoms with Gasteiger partial charge >= 0.3 is 11.9 Å². The number of amidine groups is 1. The summed E-state index contributed by atoms with van der Waals surface area (Å²) in [6, 6.07) is 4.55. The molecule has 0 radical (unpaired) electrons. The van der Waals surface area contributed by atoms with Crippen LogP contribution in [0.15, 0.2) is 52.1 Å². The van der Waals surface area contributed by atoms with Crippen LogP contribution in [0.25, 0.3) is 0 Å². The number of ether oxygens (including phenoxy) is 1. The first-order valence-electron chi connectivity index (χ1n) is 10.2. The Balaban J connectivity index is 1.86. The van der Waals surface area contributed by atoms with Gasteiger partial charge in [0.25, 0.3) is 0 Å². The number of halogens is 2. The molecular weight excluding hydrogens is 454 g/mol. The van der Waals surface area contributed by atoms with E-state index in [9.17, 15) is 23.5 Å². The normalized spacial score (nSPS) is 25.5. The molecule has 0 bridgehead atoms. The fraction of sp³-hybridized carbons (Fsp3) is 0.364. The number of methoxy groups -OCH3 is 1. The van der Waals surface area contributed by atoms with Crippen LogP contribution in [0.5, 0.6) is 0 Å². The van der Waals surface area contributed by atoms with Crippen molar-refractivity contribution in [1.29, 1.82) is 0 Å². The second kappa shape index (κ2) is 8.99. The number of hydrogen-bond donors (Lipinski definition) is 2. The van der Waals surface area contributed by atoms with Gasteiger partial charge in [0.05, 0.1) is 12.7 Å². The lowest BCUT2D eigenvalue weighted by atomic mass is 9.82. The first kappa shape index (κ1) is 23.0. The van der Waals surface area contributed by atoms with Crippen molar-refractivity contribution < 1.29 is 28.2 Å². The maximum absolute atomic E-state index is 14.1. The molecule has 174 valence electrons. The lowest BCUT2D eigenvalue weighted by Gasteiger charge is -2.36. The molecule has 1 fully saturated rings. The largest absolute Gasteiger partial charge is 0.480 e. The summed E-state index contributed by atoms with van der Waals surface area (Å²) in [4.78, 5) is 35.2. The summed E-state index contributed by atoms with van der Waals surface area (Å²) in [5.41, 5.74) is -0.315. The molecule has 33 heavy (non-hydrogen) atoms. The number of benzene rings is 1. The molecule has 0 saturated carbocycles. The summed E-state index contributed by atoms with van der Waals surface area (Å²) in [5.74, 6) is -1.91. The Kier molecular flexibility index (Phi) is 6.26. The average molecular weight is 477 g/mol. The molecule has 8 nitrogen and oxygen atoms in total. The van der Waals surface area contributed by atoms with Crippen LogP contribution in [0.4, 0.5) is 8.78 Å². The summed E-state index contributed by atoms with van der Waals surface area (Å²) in [5, 5.41) is 15.0. The fourth-order valence-corrected chi connectivity index (χ4v) is 4.84. The molecular formula is C22H22F2N4O4S. The van der Waals surface area contributed by atoms with E-state index in [0.29, 0.717) is 22.1 Å². The third-order valence-electron chi connectivity index (χ3n) is 5.82. The van der Waals surface area contributed by atoms with Gasteiger partial charge in [-0.15, -0.1) is 11.3 Å². The van der Waals surface area contributed by atoms with Crippen molar-refractivity contribution >= 4 is 29.1 Å². The number of carbonyl (C=O) groups is 2. The molecule has 2 N–H and O–H groups in total. The van der Waals surface area contributed by atoms with E-state index in [1.54, 1.807) is 18.5 Å². The van der Waals surface area contributed by atoms with Gasteiger partial charge in [-0.2, -0.15) is 0 Å². The van der Waals surface area contributed by atoms with Crippen LogP contribution < -0.4 is 5.32 Å². The Labute approximate surface area is 192 Å². The molecule has 3 heterocycles. The van der Waals surface area contributed by atoms with E-state index in [1.165, 1.54) is 47.6 Å². The van der Waals surface area contributed by atoms with Gasteiger partial charge in [0.15, 0.2) is 10.8 Å². The number of aliphatic carboxylic acids is 1. The van der Waals surface area contributed by atoms with Crippen LogP contribution in [0.3, 0.4) is 0 Å². The number of carboxylic acids is 1. The van der Waals surface area contributed by atoms with E-state index in [1.807, 2.05) is 0 Å². The van der Waals surface area contributed by atoms with Crippen molar-refractivity contribution in [2.75, 3.05) is 20.2 Å². The SMILES string of the molecule is COC(=O)C1=C(CN2C[C@H](F)C[C@H]2C(=O)O)NC(c2nccs2)=N[C@@]1(C)c1ccc(F)cc1. The molecule has 4 rings (SSSR count). The lowest BCUT2D eigenvalue weighted by Crippen LogP contribution is -2.46. The zero-order chi connectivity index (χ0) is 23.8. The molecule has 2 aliphatic heterocycles. The molecule has 2 aromatic rings. The van der Waals surface area contributed by atoms with E-state index in [4.69, 9.17) is 9.73 Å². The number of rotatable bonds is 6. The maximum atomic E-state index is 14.1. The fourth-order valence-electron chi connectivity index (χ4n) is 4.26. The monoisotopic (exact) mass is 476 g/mol. The number of carbonyl (C=O) groups excluding carboxylic acids is 1. The van der Waals surface area contributed by atoms with Gasteiger partial charge in [0.2, 0.25) is 0 Å². The van der Waals surface area contributed by atoms with Crippen LogP contribution in [-0.4, -0.2) is 65.2 Å². The van der Waals surface area contributed by atoms with Crippen LogP contribution in [0.1, 0.15) is 23.9 Å². The van der Waals surface area contributed by atoms with E-state index < -0.39 is 35.5 Å². The number of nitrogens with zero attached hydrogens (tertiary/aromatic N) is 3. The molecule has 0 amide bonds. The molecule has 0 spiro atoms. The highest BCUT2D eigenvalue weighted by Gasteiger charge is 2.44. The molecule has 1 aromatic heterocycles. The third-order valence-corrected chi connectivity index (χ3v) is 6.60. The van der Waals surface area contributed by atoms with Crippen LogP contribution in [0, 0.1) is 5.82 Å². The topological polar surface area (TPSA) is 104 Å². The van der Waals surface area contributed by atoms with Crippen molar-refractivity contribution in [3.05, 3.63) is 63.5 Å². The quantitative estimate of drug-likeness (QED) is 0.618. The summed E-state index contributed by atoms with van der Waals surface area (Å²) >= 11 is 1.32. The number of likely N-dealkylation sites (tertiary alicyclic amines) is 1. The Morgan fingerprint density at radius 2 is 2.09 bits per heavy atom. The highest BCUT2D eigenvalue weighted by molar-refractivity contribution is 7.11. The van der Waals surface area contributed by atoms with Crippen molar-refractivity contribution in [2.45, 2.75) is 31.1 Å². The van der Waals surface area contributed by atoms with Gasteiger partial charge in [0.1, 0.15) is 23.6 Å². The summed E-state index contributed by atoms with van der Waals surface area (Å²) in [6.07, 6.45) is 0.166. The van der Waals surface area contributed by atoms with Crippen molar-refractivity contribution in [3.8, 4) is 0 Å². The van der Waals surface area contributed by atoms with E-state index in [0.717, 1.165) is 0 Å². The predicted molar refractivity (Wildman–Crippen MR) is 117 cm³/mol. The van der Waals surface area contributed by atoms with Gasteiger partial charge in [-0.3, -0.25) is 9.69 Å². The Morgan fingerprint density at radius 3 is 2.70 bits per heavy atom. The number of thiazole rings is 1. The minimum atomic E-state index is -1.30. The van der Waals surface area contributed by atoms with Gasteiger partial charge < -0.3 is 15.2 Å². The highest BCUT2D eigenvalue weighted by atomic mass is 32.1. The molecule has 1 saturated heterocycles. The number of nitrogens with one attached hydrogen (secondary N) is 1. The molecule has 1 aromatic carbocycles. The smallest absolute Gasteiger partial charge is 0.338 e. The molecule has 3 atom stereocenters. The summed E-state index contributed by atoms with van der Waals surface area (Å²) in [6.45, 7) is 1.55. The molecule has 0 unspecified atom stereocenters. The maximum Gasteiger partial charge on any atom is 0.338 e. The Morgan fingerprint density at radius 1 is 1.36 bits per heavy atom. The Hall–Kier alpha value is -3.18. The third kappa shape index (κ3) is 4.38. The first-order chi connectivity index (χ1) is 15.7. The number of alkyl halides is 1. The van der Waals surface area contributed by atoms with Gasteiger partial charge in [0, 0.05) is 36.8 Å². The highest BCUT2D eigenvalue weighted by Crippen LogP contribution is 2.39. The van der Waals surface area contributed by atoms with Crippen molar-refractivity contribution in [3.63, 3.8) is 0 Å². The molecule has 11 heteroatoms. The van der Waals surface area contributed by atoms with Crippen LogP contribution in [-0.2, 0) is 19.9 Å². The van der Waals surface area contributed by atoms with Crippen molar-refractivity contribution in [2.24, 2.45) is 4.99 Å². The number of carboxylic acid groups (broad SMARTS) is 1. The van der Waals surface area contributed by atoms with Crippen LogP contribution >= 0.6 is 11.3 Å². The second-order valence-corrected chi connectivity index (χ2v) is 8.86. The van der Waals surface area contributed by atoms with E-state index >= 15 is 0 Å². The van der Waals surface area contributed by atoms with Crippen molar-refractivity contribution in [1.82, 2.24) is 15.2 Å². The molecule has 2 aliphatic rings. The number of aliphatic imine (C=N–C) groups is 1. The second-order valence-electron chi connectivity index (χ2n) is 7.96. The molecule has 0 aliphatic carbocycles. The zero-order valence-electron chi connectivity index (χ0n) is 17.9. The minimum Gasteiger partial charge on any atom is -0.480 e. The Bertz CT molecular complexity index is 1120. The zero-order valence-corrected chi connectivity index (χ0v) is 18.7. The average Bonchev–Trinajstić information content (AvgIpc) is 3.43. The predicted octanol–water partition coefficient (Wildman–Crippen LogP) is 2.47. The number of aromatic nitrogens is 1. The minimum absolute atomic E-state index is 0.0526. The number of esters is 1.